The Morgan fingerprint density at radius 1 is 1.22 bits per heavy atom. The summed E-state index contributed by atoms with van der Waals surface area (Å²) in [6.45, 7) is 0.159. The quantitative estimate of drug-likeness (QED) is 0.860. The molecular weight excluding hydrogens is 315 g/mol. The number of fused-ring (bicyclic) bond motifs is 2. The van der Waals surface area contributed by atoms with E-state index in [0.29, 0.717) is 6.42 Å². The van der Waals surface area contributed by atoms with E-state index in [0.717, 1.165) is 24.0 Å². The van der Waals surface area contributed by atoms with Gasteiger partial charge >= 0.3 is 6.03 Å². The van der Waals surface area contributed by atoms with Crippen molar-refractivity contribution in [2.45, 2.75) is 31.3 Å². The molecular formula is C17H15FN2O2S. The number of halogens is 1. The van der Waals surface area contributed by atoms with Gasteiger partial charge in [0, 0.05) is 10.4 Å². The van der Waals surface area contributed by atoms with Crippen LogP contribution in [0.3, 0.4) is 0 Å². The number of hydrogen-bond donors (Lipinski definition) is 1. The average Bonchev–Trinajstić information content (AvgIpc) is 3.10. The number of hydrogen-bond acceptors (Lipinski definition) is 3. The molecule has 1 aromatic heterocycles. The van der Waals surface area contributed by atoms with E-state index >= 15 is 0 Å². The first-order chi connectivity index (χ1) is 11.1. The molecule has 2 aromatic rings. The second-order valence-corrected chi connectivity index (χ2v) is 6.96. The Morgan fingerprint density at radius 3 is 2.78 bits per heavy atom. The molecule has 23 heavy (non-hydrogen) atoms. The zero-order valence-corrected chi connectivity index (χ0v) is 13.2. The number of aryl methyl sites for hydroxylation is 1. The molecule has 1 fully saturated rings. The fraction of sp³-hybridized carbons (Fsp3) is 0.294. The molecule has 0 radical (unpaired) electrons. The molecule has 1 aliphatic heterocycles. The van der Waals surface area contributed by atoms with Crippen LogP contribution in [-0.2, 0) is 23.3 Å². The van der Waals surface area contributed by atoms with Crippen molar-refractivity contribution in [2.24, 2.45) is 0 Å². The van der Waals surface area contributed by atoms with E-state index in [-0.39, 0.29) is 24.3 Å². The smallest absolute Gasteiger partial charge is 0.319 e. The van der Waals surface area contributed by atoms with Crippen LogP contribution in [0.1, 0.15) is 28.8 Å². The second kappa shape index (κ2) is 5.16. The number of nitrogens with one attached hydrogen (secondary N) is 1. The first-order valence-electron chi connectivity index (χ1n) is 7.55. The first-order valence-corrected chi connectivity index (χ1v) is 8.43. The van der Waals surface area contributed by atoms with Crippen LogP contribution < -0.4 is 5.32 Å². The molecule has 4 rings (SSSR count). The van der Waals surface area contributed by atoms with Crippen LogP contribution in [0.25, 0.3) is 0 Å². The highest BCUT2D eigenvalue weighted by Gasteiger charge is 2.54. The minimum atomic E-state index is -0.912. The van der Waals surface area contributed by atoms with Gasteiger partial charge in [0.15, 0.2) is 0 Å². The van der Waals surface area contributed by atoms with Crippen molar-refractivity contribution < 1.29 is 14.0 Å². The van der Waals surface area contributed by atoms with Gasteiger partial charge in [0.1, 0.15) is 11.4 Å². The van der Waals surface area contributed by atoms with Crippen LogP contribution in [-0.4, -0.2) is 16.8 Å². The number of rotatable bonds is 2. The lowest BCUT2D eigenvalue weighted by molar-refractivity contribution is -0.132. The van der Waals surface area contributed by atoms with Crippen molar-refractivity contribution in [1.29, 1.82) is 0 Å². The average molecular weight is 330 g/mol. The molecule has 1 saturated heterocycles. The molecule has 1 aromatic carbocycles. The summed E-state index contributed by atoms with van der Waals surface area (Å²) in [5, 5.41) is 4.89. The van der Waals surface area contributed by atoms with Gasteiger partial charge < -0.3 is 5.32 Å². The summed E-state index contributed by atoms with van der Waals surface area (Å²) >= 11 is 1.63. The Bertz CT molecular complexity index is 786. The Kier molecular flexibility index (Phi) is 3.23. The minimum absolute atomic E-state index is 0.159. The fourth-order valence-electron chi connectivity index (χ4n) is 3.46. The highest BCUT2D eigenvalue weighted by Crippen LogP contribution is 2.42. The molecule has 2 aliphatic rings. The number of nitrogens with zero attached hydrogens (tertiary/aromatic N) is 1. The van der Waals surface area contributed by atoms with Crippen LogP contribution in [0.5, 0.6) is 0 Å². The summed E-state index contributed by atoms with van der Waals surface area (Å²) in [4.78, 5) is 27.8. The van der Waals surface area contributed by atoms with Crippen LogP contribution in [0.15, 0.2) is 35.7 Å². The SMILES string of the molecule is O=C1NC2(CCCc3sccc32)C(=O)N1Cc1ccc(F)cc1. The molecule has 1 aliphatic carbocycles. The first kappa shape index (κ1) is 14.4. The summed E-state index contributed by atoms with van der Waals surface area (Å²) in [6.07, 6.45) is 2.46. The van der Waals surface area contributed by atoms with Gasteiger partial charge in [-0.1, -0.05) is 12.1 Å². The zero-order chi connectivity index (χ0) is 16.0. The van der Waals surface area contributed by atoms with Crippen LogP contribution in [0.4, 0.5) is 9.18 Å². The molecule has 0 bridgehead atoms. The van der Waals surface area contributed by atoms with E-state index in [9.17, 15) is 14.0 Å². The Balaban J connectivity index is 1.66. The number of imide groups is 1. The van der Waals surface area contributed by atoms with Crippen molar-refractivity contribution in [3.8, 4) is 0 Å². The van der Waals surface area contributed by atoms with Gasteiger partial charge in [-0.3, -0.25) is 9.69 Å². The van der Waals surface area contributed by atoms with Gasteiger partial charge in [-0.25, -0.2) is 9.18 Å². The summed E-state index contributed by atoms with van der Waals surface area (Å²) in [7, 11) is 0. The summed E-state index contributed by atoms with van der Waals surface area (Å²) in [5.74, 6) is -0.538. The van der Waals surface area contributed by atoms with Crippen molar-refractivity contribution in [1.82, 2.24) is 10.2 Å². The predicted molar refractivity (Wildman–Crippen MR) is 84.4 cm³/mol. The van der Waals surface area contributed by atoms with Crippen molar-refractivity contribution >= 4 is 23.3 Å². The van der Waals surface area contributed by atoms with E-state index in [1.54, 1.807) is 23.5 Å². The number of carbonyl (C=O) groups is 2. The molecule has 1 unspecified atom stereocenters. The molecule has 1 atom stereocenters. The molecule has 3 amide bonds. The maximum atomic E-state index is 13.0. The highest BCUT2D eigenvalue weighted by atomic mass is 32.1. The lowest BCUT2D eigenvalue weighted by Gasteiger charge is -2.31. The van der Waals surface area contributed by atoms with E-state index < -0.39 is 5.54 Å². The number of amides is 3. The Labute approximate surface area is 136 Å². The summed E-state index contributed by atoms with van der Waals surface area (Å²) < 4.78 is 13.0. The summed E-state index contributed by atoms with van der Waals surface area (Å²) in [6, 6.07) is 7.43. The third-order valence-corrected chi connectivity index (χ3v) is 5.57. The molecule has 6 heteroatoms. The monoisotopic (exact) mass is 330 g/mol. The number of thiophene rings is 1. The Hall–Kier alpha value is -2.21. The maximum absolute atomic E-state index is 13.0. The molecule has 2 heterocycles. The van der Waals surface area contributed by atoms with Crippen LogP contribution >= 0.6 is 11.3 Å². The minimum Gasteiger partial charge on any atom is -0.319 e. The lowest BCUT2D eigenvalue weighted by Crippen LogP contribution is -2.46. The van der Waals surface area contributed by atoms with Gasteiger partial charge in [0.2, 0.25) is 0 Å². The van der Waals surface area contributed by atoms with Gasteiger partial charge in [0.25, 0.3) is 5.91 Å². The van der Waals surface area contributed by atoms with Crippen molar-refractivity contribution in [3.05, 3.63) is 57.5 Å². The molecule has 1 N–H and O–H groups in total. The van der Waals surface area contributed by atoms with E-state index in [1.165, 1.54) is 21.9 Å². The van der Waals surface area contributed by atoms with Gasteiger partial charge in [0.05, 0.1) is 6.54 Å². The van der Waals surface area contributed by atoms with Crippen LogP contribution in [0, 0.1) is 5.82 Å². The highest BCUT2D eigenvalue weighted by molar-refractivity contribution is 7.10. The van der Waals surface area contributed by atoms with Gasteiger partial charge in [-0.2, -0.15) is 0 Å². The second-order valence-electron chi connectivity index (χ2n) is 5.96. The van der Waals surface area contributed by atoms with Crippen molar-refractivity contribution in [3.63, 3.8) is 0 Å². The van der Waals surface area contributed by atoms with Crippen molar-refractivity contribution in [2.75, 3.05) is 0 Å². The molecule has 1 spiro atoms. The number of benzene rings is 1. The van der Waals surface area contributed by atoms with Gasteiger partial charge in [-0.15, -0.1) is 11.3 Å². The van der Waals surface area contributed by atoms with Crippen LogP contribution in [0.2, 0.25) is 0 Å². The Morgan fingerprint density at radius 2 is 2.00 bits per heavy atom. The van der Waals surface area contributed by atoms with E-state index in [2.05, 4.69) is 5.32 Å². The third-order valence-electron chi connectivity index (χ3n) is 4.59. The molecule has 118 valence electrons. The molecule has 4 nitrogen and oxygen atoms in total. The standard InChI is InChI=1S/C17H15FN2O2S/c18-12-5-3-11(4-6-12)10-20-15(21)17(19-16(20)22)8-1-2-14-13(17)7-9-23-14/h3-7,9H,1-2,8,10H2,(H,19,22). The van der Waals surface area contributed by atoms with E-state index in [4.69, 9.17) is 0 Å². The predicted octanol–water partition coefficient (Wildman–Crippen LogP) is 3.17. The fourth-order valence-corrected chi connectivity index (χ4v) is 4.46. The van der Waals surface area contributed by atoms with E-state index in [1.807, 2.05) is 11.4 Å². The maximum Gasteiger partial charge on any atom is 0.325 e. The van der Waals surface area contributed by atoms with Gasteiger partial charge in [-0.05, 0) is 48.4 Å². The zero-order valence-electron chi connectivity index (χ0n) is 12.3. The number of carbonyl (C=O) groups excluding carboxylic acids is 2. The normalized spacial score (nSPS) is 23.3. The third kappa shape index (κ3) is 2.16. The topological polar surface area (TPSA) is 49.4 Å². The number of urea groups is 1. The largest absolute Gasteiger partial charge is 0.325 e. The molecule has 0 saturated carbocycles. The summed E-state index contributed by atoms with van der Waals surface area (Å²) in [5.41, 5.74) is 0.757. The lowest BCUT2D eigenvalue weighted by atomic mass is 9.80.